The lowest BCUT2D eigenvalue weighted by atomic mass is 10.1. The van der Waals surface area contributed by atoms with Gasteiger partial charge in [-0.1, -0.05) is 15.9 Å². The first kappa shape index (κ1) is 9.26. The Morgan fingerprint density at radius 2 is 1.75 bits per heavy atom. The maximum atomic E-state index is 7.26. The molecule has 0 aliphatic rings. The summed E-state index contributed by atoms with van der Waals surface area (Å²) in [5.41, 5.74) is 8.38. The van der Waals surface area contributed by atoms with Crippen molar-refractivity contribution < 1.29 is 0 Å². The largest absolute Gasteiger partial charge is 0.384 e. The van der Waals surface area contributed by atoms with E-state index in [9.17, 15) is 0 Å². The summed E-state index contributed by atoms with van der Waals surface area (Å²) in [6.07, 6.45) is 0. The fourth-order valence-corrected chi connectivity index (χ4v) is 1.33. The van der Waals surface area contributed by atoms with E-state index in [1.54, 1.807) is 0 Å². The number of hydrogen-bond acceptors (Lipinski definition) is 1. The number of aryl methyl sites for hydroxylation is 2. The monoisotopic (exact) mass is 226 g/mol. The average molecular weight is 227 g/mol. The lowest BCUT2D eigenvalue weighted by molar-refractivity contribution is 1.31. The first-order chi connectivity index (χ1) is 5.52. The molecule has 0 unspecified atom stereocenters. The highest BCUT2D eigenvalue weighted by atomic mass is 79.9. The minimum atomic E-state index is 0.119. The van der Waals surface area contributed by atoms with Gasteiger partial charge in [-0.3, -0.25) is 5.41 Å². The van der Waals surface area contributed by atoms with Crippen LogP contribution in [-0.2, 0) is 0 Å². The van der Waals surface area contributed by atoms with Gasteiger partial charge in [0.1, 0.15) is 5.84 Å². The molecular formula is C9H11BrN2. The van der Waals surface area contributed by atoms with Crippen LogP contribution in [0, 0.1) is 19.3 Å². The molecule has 0 atom stereocenters. The van der Waals surface area contributed by atoms with Gasteiger partial charge in [0.2, 0.25) is 0 Å². The Labute approximate surface area is 80.4 Å². The standard InChI is InChI=1S/C9H11BrN2/c1-5-3-7(9(11)12)4-6(2)8(5)10/h3-4H,1-2H3,(H3,11,12). The fraction of sp³-hybridized carbons (Fsp3) is 0.222. The van der Waals surface area contributed by atoms with Gasteiger partial charge in [-0.15, -0.1) is 0 Å². The summed E-state index contributed by atoms with van der Waals surface area (Å²) >= 11 is 3.45. The Balaban J connectivity index is 3.31. The van der Waals surface area contributed by atoms with E-state index >= 15 is 0 Å². The molecule has 1 aromatic carbocycles. The molecule has 0 fully saturated rings. The van der Waals surface area contributed by atoms with E-state index in [1.165, 1.54) is 0 Å². The van der Waals surface area contributed by atoms with E-state index in [-0.39, 0.29) is 5.84 Å². The Kier molecular flexibility index (Phi) is 2.52. The molecule has 3 heteroatoms. The molecule has 0 bridgehead atoms. The van der Waals surface area contributed by atoms with Crippen LogP contribution in [0.5, 0.6) is 0 Å². The van der Waals surface area contributed by atoms with Crippen LogP contribution in [-0.4, -0.2) is 5.84 Å². The molecule has 0 saturated heterocycles. The number of nitrogens with two attached hydrogens (primary N) is 1. The summed E-state index contributed by atoms with van der Waals surface area (Å²) in [5.74, 6) is 0.119. The Morgan fingerprint density at radius 1 is 1.33 bits per heavy atom. The van der Waals surface area contributed by atoms with Crippen molar-refractivity contribution in [1.82, 2.24) is 0 Å². The van der Waals surface area contributed by atoms with Gasteiger partial charge in [-0.2, -0.15) is 0 Å². The summed E-state index contributed by atoms with van der Waals surface area (Å²) in [6, 6.07) is 3.80. The van der Waals surface area contributed by atoms with Crippen molar-refractivity contribution >= 4 is 21.8 Å². The second-order valence-corrected chi connectivity index (χ2v) is 3.63. The van der Waals surface area contributed by atoms with Crippen molar-refractivity contribution in [2.45, 2.75) is 13.8 Å². The summed E-state index contributed by atoms with van der Waals surface area (Å²) in [6.45, 7) is 3.98. The molecule has 2 nitrogen and oxygen atoms in total. The molecule has 0 aliphatic heterocycles. The topological polar surface area (TPSA) is 49.9 Å². The Bertz CT molecular complexity index is 308. The van der Waals surface area contributed by atoms with Gasteiger partial charge in [0.15, 0.2) is 0 Å². The van der Waals surface area contributed by atoms with Gasteiger partial charge >= 0.3 is 0 Å². The van der Waals surface area contributed by atoms with Crippen molar-refractivity contribution in [2.24, 2.45) is 5.73 Å². The molecule has 64 valence electrons. The van der Waals surface area contributed by atoms with E-state index in [4.69, 9.17) is 11.1 Å². The molecule has 0 heterocycles. The third-order valence-electron chi connectivity index (χ3n) is 1.75. The van der Waals surface area contributed by atoms with Crippen molar-refractivity contribution in [1.29, 1.82) is 5.41 Å². The van der Waals surface area contributed by atoms with Crippen LogP contribution in [0.4, 0.5) is 0 Å². The third kappa shape index (κ3) is 1.67. The number of halogens is 1. The molecule has 0 saturated carbocycles. The van der Waals surface area contributed by atoms with Crippen LogP contribution in [0.2, 0.25) is 0 Å². The normalized spacial score (nSPS) is 9.92. The number of benzene rings is 1. The maximum Gasteiger partial charge on any atom is 0.122 e. The minimum Gasteiger partial charge on any atom is -0.384 e. The first-order valence-corrected chi connectivity index (χ1v) is 4.43. The first-order valence-electron chi connectivity index (χ1n) is 3.63. The van der Waals surface area contributed by atoms with Gasteiger partial charge in [0.05, 0.1) is 0 Å². The molecule has 12 heavy (non-hydrogen) atoms. The smallest absolute Gasteiger partial charge is 0.122 e. The minimum absolute atomic E-state index is 0.119. The number of nitrogens with one attached hydrogen (secondary N) is 1. The molecule has 0 spiro atoms. The fourth-order valence-electron chi connectivity index (χ4n) is 1.10. The molecule has 0 aliphatic carbocycles. The molecule has 1 rings (SSSR count). The predicted octanol–water partition coefficient (Wildman–Crippen LogP) is 2.35. The number of amidine groups is 1. The Morgan fingerprint density at radius 3 is 2.08 bits per heavy atom. The zero-order chi connectivity index (χ0) is 9.30. The van der Waals surface area contributed by atoms with Gasteiger partial charge in [-0.05, 0) is 37.1 Å². The van der Waals surface area contributed by atoms with E-state index in [0.29, 0.717) is 0 Å². The van der Waals surface area contributed by atoms with Crippen LogP contribution in [0.3, 0.4) is 0 Å². The quantitative estimate of drug-likeness (QED) is 0.561. The molecule has 0 aromatic heterocycles. The van der Waals surface area contributed by atoms with Crippen LogP contribution in [0.1, 0.15) is 16.7 Å². The van der Waals surface area contributed by atoms with Crippen molar-refractivity contribution in [3.63, 3.8) is 0 Å². The third-order valence-corrected chi connectivity index (χ3v) is 3.00. The highest BCUT2D eigenvalue weighted by Gasteiger charge is 2.03. The maximum absolute atomic E-state index is 7.26. The van der Waals surface area contributed by atoms with E-state index < -0.39 is 0 Å². The van der Waals surface area contributed by atoms with E-state index in [0.717, 1.165) is 21.2 Å². The SMILES string of the molecule is Cc1cc(C(=N)N)cc(C)c1Br. The highest BCUT2D eigenvalue weighted by molar-refractivity contribution is 9.10. The lowest BCUT2D eigenvalue weighted by Gasteiger charge is -2.05. The van der Waals surface area contributed by atoms with Crippen molar-refractivity contribution in [2.75, 3.05) is 0 Å². The second-order valence-electron chi connectivity index (χ2n) is 2.84. The molecular weight excluding hydrogens is 216 g/mol. The average Bonchev–Trinajstić information content (AvgIpc) is 1.99. The van der Waals surface area contributed by atoms with Gasteiger partial charge < -0.3 is 5.73 Å². The van der Waals surface area contributed by atoms with Gasteiger partial charge in [0.25, 0.3) is 0 Å². The summed E-state index contributed by atoms with van der Waals surface area (Å²) < 4.78 is 1.09. The lowest BCUT2D eigenvalue weighted by Crippen LogP contribution is -2.11. The van der Waals surface area contributed by atoms with Gasteiger partial charge in [0, 0.05) is 10.0 Å². The number of hydrogen-bond donors (Lipinski definition) is 2. The van der Waals surface area contributed by atoms with E-state index in [1.807, 2.05) is 26.0 Å². The van der Waals surface area contributed by atoms with Crippen molar-refractivity contribution in [3.05, 3.63) is 33.3 Å². The van der Waals surface area contributed by atoms with Crippen LogP contribution in [0.15, 0.2) is 16.6 Å². The summed E-state index contributed by atoms with van der Waals surface area (Å²) in [7, 11) is 0. The molecule has 3 N–H and O–H groups in total. The predicted molar refractivity (Wildman–Crippen MR) is 54.6 cm³/mol. The summed E-state index contributed by atoms with van der Waals surface area (Å²) in [5, 5.41) is 7.26. The van der Waals surface area contributed by atoms with Crippen LogP contribution >= 0.6 is 15.9 Å². The van der Waals surface area contributed by atoms with Gasteiger partial charge in [-0.25, -0.2) is 0 Å². The highest BCUT2D eigenvalue weighted by Crippen LogP contribution is 2.21. The second kappa shape index (κ2) is 3.27. The Hall–Kier alpha value is -0.830. The zero-order valence-corrected chi connectivity index (χ0v) is 8.70. The molecule has 0 amide bonds. The molecule has 0 radical (unpaired) electrons. The number of nitrogen functional groups attached to an aromatic ring is 1. The van der Waals surface area contributed by atoms with Crippen LogP contribution < -0.4 is 5.73 Å². The van der Waals surface area contributed by atoms with Crippen molar-refractivity contribution in [3.8, 4) is 0 Å². The zero-order valence-electron chi connectivity index (χ0n) is 7.11. The van der Waals surface area contributed by atoms with Crippen LogP contribution in [0.25, 0.3) is 0 Å². The summed E-state index contributed by atoms with van der Waals surface area (Å²) in [4.78, 5) is 0. The van der Waals surface area contributed by atoms with E-state index in [2.05, 4.69) is 15.9 Å². The molecule has 1 aromatic rings. The number of rotatable bonds is 1.